The lowest BCUT2D eigenvalue weighted by Crippen LogP contribution is -2.33. The Bertz CT molecular complexity index is 547. The maximum atomic E-state index is 12.2. The molecule has 108 valence electrons. The van der Waals surface area contributed by atoms with Crippen molar-refractivity contribution in [3.63, 3.8) is 0 Å². The van der Waals surface area contributed by atoms with Crippen molar-refractivity contribution in [1.29, 1.82) is 0 Å². The second-order valence-electron chi connectivity index (χ2n) is 5.80. The van der Waals surface area contributed by atoms with Crippen molar-refractivity contribution >= 4 is 11.8 Å². The van der Waals surface area contributed by atoms with Gasteiger partial charge in [-0.2, -0.15) is 5.10 Å². The molecule has 1 aromatic rings. The molecule has 0 aromatic carbocycles. The third-order valence-electron chi connectivity index (χ3n) is 4.06. The number of nitrogens with zero attached hydrogens (tertiary/aromatic N) is 3. The predicted octanol–water partition coefficient (Wildman–Crippen LogP) is 0.356. The van der Waals surface area contributed by atoms with E-state index in [9.17, 15) is 9.59 Å². The van der Waals surface area contributed by atoms with E-state index in [0.29, 0.717) is 25.6 Å². The molecule has 1 saturated heterocycles. The molecule has 1 aliphatic carbocycles. The number of hydrogen-bond acceptors (Lipinski definition) is 3. The molecule has 0 spiro atoms. The smallest absolute Gasteiger partial charge is 0.225 e. The van der Waals surface area contributed by atoms with Crippen molar-refractivity contribution in [2.24, 2.45) is 13.0 Å². The molecule has 0 unspecified atom stereocenters. The summed E-state index contributed by atoms with van der Waals surface area (Å²) in [5.41, 5.74) is 1.91. The number of hydrogen-bond donors (Lipinski definition) is 1. The molecular formula is C14H20N4O2. The summed E-state index contributed by atoms with van der Waals surface area (Å²) in [6.45, 7) is 2.97. The third kappa shape index (κ3) is 2.55. The van der Waals surface area contributed by atoms with Gasteiger partial charge in [0.2, 0.25) is 11.8 Å². The van der Waals surface area contributed by atoms with Crippen LogP contribution in [0.2, 0.25) is 0 Å². The van der Waals surface area contributed by atoms with E-state index in [0.717, 1.165) is 24.2 Å². The minimum atomic E-state index is -0.197. The first-order valence-electron chi connectivity index (χ1n) is 7.11. The number of aromatic nitrogens is 2. The average Bonchev–Trinajstić information content (AvgIpc) is 3.09. The van der Waals surface area contributed by atoms with Gasteiger partial charge in [-0.15, -0.1) is 0 Å². The molecule has 2 fully saturated rings. The summed E-state index contributed by atoms with van der Waals surface area (Å²) in [6, 6.07) is 2.36. The molecule has 2 heterocycles. The van der Waals surface area contributed by atoms with Crippen LogP contribution in [-0.2, 0) is 23.2 Å². The molecule has 2 aliphatic rings. The fraction of sp³-hybridized carbons (Fsp3) is 0.643. The topological polar surface area (TPSA) is 67.2 Å². The number of nitrogens with one attached hydrogen (secondary N) is 1. The summed E-state index contributed by atoms with van der Waals surface area (Å²) in [5, 5.41) is 7.16. The van der Waals surface area contributed by atoms with E-state index in [1.165, 1.54) is 0 Å². The number of likely N-dealkylation sites (tertiary alicyclic amines) is 1. The summed E-state index contributed by atoms with van der Waals surface area (Å²) >= 11 is 0. The van der Waals surface area contributed by atoms with E-state index in [-0.39, 0.29) is 17.7 Å². The predicted molar refractivity (Wildman–Crippen MR) is 72.6 cm³/mol. The van der Waals surface area contributed by atoms with Crippen LogP contribution in [0, 0.1) is 12.8 Å². The Labute approximate surface area is 118 Å². The molecule has 1 saturated carbocycles. The van der Waals surface area contributed by atoms with Gasteiger partial charge in [0.05, 0.1) is 23.9 Å². The second-order valence-corrected chi connectivity index (χ2v) is 5.80. The highest BCUT2D eigenvalue weighted by molar-refractivity contribution is 5.89. The molecule has 3 rings (SSSR count). The maximum Gasteiger partial charge on any atom is 0.225 e. The van der Waals surface area contributed by atoms with Crippen LogP contribution in [-0.4, -0.2) is 39.1 Å². The number of rotatable bonds is 4. The zero-order valence-corrected chi connectivity index (χ0v) is 11.9. The van der Waals surface area contributed by atoms with E-state index in [2.05, 4.69) is 10.4 Å². The average molecular weight is 276 g/mol. The van der Waals surface area contributed by atoms with Crippen LogP contribution in [0.3, 0.4) is 0 Å². The molecule has 2 amide bonds. The molecule has 6 heteroatoms. The van der Waals surface area contributed by atoms with Crippen LogP contribution in [0.4, 0.5) is 0 Å². The molecule has 0 radical (unpaired) electrons. The van der Waals surface area contributed by atoms with Crippen molar-refractivity contribution in [1.82, 2.24) is 20.0 Å². The summed E-state index contributed by atoms with van der Waals surface area (Å²) < 4.78 is 1.77. The molecule has 6 nitrogen and oxygen atoms in total. The first-order valence-corrected chi connectivity index (χ1v) is 7.11. The lowest BCUT2D eigenvalue weighted by Gasteiger charge is -2.15. The third-order valence-corrected chi connectivity index (χ3v) is 4.06. The van der Waals surface area contributed by atoms with E-state index >= 15 is 0 Å². The summed E-state index contributed by atoms with van der Waals surface area (Å²) in [4.78, 5) is 25.9. The van der Waals surface area contributed by atoms with Gasteiger partial charge < -0.3 is 10.2 Å². The number of aryl methyl sites for hydroxylation is 2. The summed E-state index contributed by atoms with van der Waals surface area (Å²) in [5.74, 6) is -0.0956. The largest absolute Gasteiger partial charge is 0.350 e. The van der Waals surface area contributed by atoms with E-state index in [1.54, 1.807) is 4.68 Å². The van der Waals surface area contributed by atoms with Crippen LogP contribution >= 0.6 is 0 Å². The Morgan fingerprint density at radius 3 is 2.85 bits per heavy atom. The minimum absolute atomic E-state index is 0.0275. The Hall–Kier alpha value is -1.85. The van der Waals surface area contributed by atoms with Gasteiger partial charge in [-0.1, -0.05) is 0 Å². The molecule has 1 atom stereocenters. The normalized spacial score (nSPS) is 22.4. The van der Waals surface area contributed by atoms with Gasteiger partial charge in [-0.05, 0) is 25.8 Å². The Morgan fingerprint density at radius 1 is 1.50 bits per heavy atom. The van der Waals surface area contributed by atoms with Crippen molar-refractivity contribution in [2.45, 2.75) is 38.8 Å². The molecule has 1 aliphatic heterocycles. The first kappa shape index (κ1) is 13.1. The van der Waals surface area contributed by atoms with Gasteiger partial charge in [0.15, 0.2) is 0 Å². The molecule has 1 N–H and O–H groups in total. The minimum Gasteiger partial charge on any atom is -0.350 e. The number of carbonyl (C=O) groups excluding carboxylic acids is 2. The van der Waals surface area contributed by atoms with Gasteiger partial charge >= 0.3 is 0 Å². The molecule has 20 heavy (non-hydrogen) atoms. The van der Waals surface area contributed by atoms with E-state index in [1.807, 2.05) is 24.9 Å². The van der Waals surface area contributed by atoms with Crippen molar-refractivity contribution in [3.8, 4) is 0 Å². The maximum absolute atomic E-state index is 12.2. The lowest BCUT2D eigenvalue weighted by molar-refractivity contribution is -0.129. The van der Waals surface area contributed by atoms with Gasteiger partial charge in [-0.3, -0.25) is 14.3 Å². The zero-order valence-electron chi connectivity index (χ0n) is 11.9. The standard InChI is InChI=1S/C14H20N4O2/c1-9-5-12(17(2)16-9)7-15-14(20)10-6-13(19)18(8-10)11-3-4-11/h5,10-11H,3-4,6-8H2,1-2H3,(H,15,20)/t10-/m1/s1. The first-order chi connectivity index (χ1) is 9.54. The van der Waals surface area contributed by atoms with Crippen molar-refractivity contribution in [3.05, 3.63) is 17.5 Å². The van der Waals surface area contributed by atoms with Gasteiger partial charge in [0.1, 0.15) is 0 Å². The van der Waals surface area contributed by atoms with Gasteiger partial charge in [0.25, 0.3) is 0 Å². The highest BCUT2D eigenvalue weighted by Gasteiger charge is 2.41. The Balaban J connectivity index is 1.54. The summed E-state index contributed by atoms with van der Waals surface area (Å²) in [6.07, 6.45) is 2.54. The van der Waals surface area contributed by atoms with E-state index < -0.39 is 0 Å². The van der Waals surface area contributed by atoms with Crippen LogP contribution in [0.1, 0.15) is 30.7 Å². The quantitative estimate of drug-likeness (QED) is 0.863. The van der Waals surface area contributed by atoms with Crippen molar-refractivity contribution in [2.75, 3.05) is 6.54 Å². The van der Waals surface area contributed by atoms with Crippen LogP contribution in [0.5, 0.6) is 0 Å². The fourth-order valence-corrected chi connectivity index (χ4v) is 2.80. The lowest BCUT2D eigenvalue weighted by atomic mass is 10.1. The fourth-order valence-electron chi connectivity index (χ4n) is 2.80. The Morgan fingerprint density at radius 2 is 2.25 bits per heavy atom. The monoisotopic (exact) mass is 276 g/mol. The highest BCUT2D eigenvalue weighted by Crippen LogP contribution is 2.32. The SMILES string of the molecule is Cc1cc(CNC(=O)[C@@H]2CC(=O)N(C3CC3)C2)n(C)n1. The number of carbonyl (C=O) groups is 2. The van der Waals surface area contributed by atoms with Crippen LogP contribution in [0.25, 0.3) is 0 Å². The van der Waals surface area contributed by atoms with Crippen LogP contribution < -0.4 is 5.32 Å². The molecule has 1 aromatic heterocycles. The summed E-state index contributed by atoms with van der Waals surface area (Å²) in [7, 11) is 1.86. The Kier molecular flexibility index (Phi) is 3.23. The van der Waals surface area contributed by atoms with Crippen LogP contribution in [0.15, 0.2) is 6.07 Å². The number of amides is 2. The molecular weight excluding hydrogens is 256 g/mol. The van der Waals surface area contributed by atoms with Gasteiger partial charge in [-0.25, -0.2) is 0 Å². The van der Waals surface area contributed by atoms with E-state index in [4.69, 9.17) is 0 Å². The highest BCUT2D eigenvalue weighted by atomic mass is 16.2. The van der Waals surface area contributed by atoms with Gasteiger partial charge in [0, 0.05) is 26.1 Å². The second kappa shape index (κ2) is 4.92. The van der Waals surface area contributed by atoms with Crippen molar-refractivity contribution < 1.29 is 9.59 Å². The molecule has 0 bridgehead atoms. The zero-order chi connectivity index (χ0) is 14.3.